The molecule has 6 rings (SSSR count). The molecule has 3 heterocycles. The van der Waals surface area contributed by atoms with Crippen LogP contribution in [0.1, 0.15) is 32.9 Å². The standard InChI is InChI=1S/C32H31BrN2O5S/c33-28-20-41-30(34-28)32-23-39-31(21-37-17-24-10-4-1-5-11-24,22-38-18-25-12-6-2-7-13-25)16-27(32)19-40-35(32)29(36)26-14-8-3-9-15-26/h1-15,20,27H,16-19,21-23H2/t27-,32-/m0/s1. The smallest absolute Gasteiger partial charge is 0.278 e. The Kier molecular flexibility index (Phi) is 8.62. The number of fused-ring (bicyclic) bond motifs is 1. The number of halogens is 1. The number of nitrogens with zero attached hydrogens (tertiary/aromatic N) is 2. The number of carbonyl (C=O) groups excluding carboxylic acids is 1. The Bertz CT molecular complexity index is 1390. The van der Waals surface area contributed by atoms with Crippen molar-refractivity contribution in [3.8, 4) is 0 Å². The monoisotopic (exact) mass is 634 g/mol. The zero-order valence-corrected chi connectivity index (χ0v) is 24.9. The van der Waals surface area contributed by atoms with E-state index in [0.717, 1.165) is 20.7 Å². The Morgan fingerprint density at radius 3 is 2.07 bits per heavy atom. The molecular formula is C32H31BrN2O5S. The molecule has 0 spiro atoms. The SMILES string of the molecule is O=C(c1ccccc1)N1OC[C@@H]2CC(COCc3ccccc3)(COCc3ccccc3)OC[C@@]21c1nc(Br)cs1. The Hall–Kier alpha value is -2.92. The lowest BCUT2D eigenvalue weighted by Gasteiger charge is -2.48. The molecule has 0 saturated carbocycles. The second-order valence-electron chi connectivity index (χ2n) is 10.5. The summed E-state index contributed by atoms with van der Waals surface area (Å²) in [5.41, 5.74) is 1.15. The molecule has 0 aliphatic carbocycles. The number of hydrogen-bond acceptors (Lipinski definition) is 7. The van der Waals surface area contributed by atoms with Crippen LogP contribution >= 0.6 is 27.3 Å². The van der Waals surface area contributed by atoms with E-state index in [1.54, 1.807) is 12.1 Å². The van der Waals surface area contributed by atoms with Crippen LogP contribution in [0.15, 0.2) is 101 Å². The first-order valence-corrected chi connectivity index (χ1v) is 15.3. The average Bonchev–Trinajstić information content (AvgIpc) is 3.62. The summed E-state index contributed by atoms with van der Waals surface area (Å²) in [5, 5.41) is 4.20. The fraction of sp³-hybridized carbons (Fsp3) is 0.312. The molecule has 4 aromatic rings. The number of hydroxylamine groups is 2. The van der Waals surface area contributed by atoms with Crippen LogP contribution in [0.5, 0.6) is 0 Å². The van der Waals surface area contributed by atoms with E-state index in [9.17, 15) is 4.79 Å². The van der Waals surface area contributed by atoms with Crippen LogP contribution in [-0.2, 0) is 37.8 Å². The van der Waals surface area contributed by atoms with Gasteiger partial charge in [-0.2, -0.15) is 0 Å². The highest BCUT2D eigenvalue weighted by molar-refractivity contribution is 9.10. The number of thiazole rings is 1. The maximum atomic E-state index is 13.8. The van der Waals surface area contributed by atoms with Gasteiger partial charge in [-0.25, -0.2) is 10.0 Å². The Balaban J connectivity index is 1.26. The third-order valence-corrected chi connectivity index (χ3v) is 9.38. The molecule has 1 aromatic heterocycles. The van der Waals surface area contributed by atoms with Crippen LogP contribution < -0.4 is 0 Å². The molecule has 2 fully saturated rings. The molecule has 2 aliphatic rings. The summed E-state index contributed by atoms with van der Waals surface area (Å²) in [6.45, 7) is 2.19. The Morgan fingerprint density at radius 1 is 0.927 bits per heavy atom. The molecule has 0 N–H and O–H groups in total. The Labute approximate surface area is 252 Å². The molecule has 41 heavy (non-hydrogen) atoms. The second-order valence-corrected chi connectivity index (χ2v) is 12.2. The van der Waals surface area contributed by atoms with Crippen molar-refractivity contribution in [2.75, 3.05) is 26.4 Å². The van der Waals surface area contributed by atoms with Gasteiger partial charge in [-0.3, -0.25) is 9.63 Å². The van der Waals surface area contributed by atoms with Gasteiger partial charge in [0.15, 0.2) is 5.54 Å². The molecule has 212 valence electrons. The first-order valence-electron chi connectivity index (χ1n) is 13.6. The van der Waals surface area contributed by atoms with Crippen molar-refractivity contribution in [3.05, 3.63) is 123 Å². The van der Waals surface area contributed by atoms with Crippen molar-refractivity contribution < 1.29 is 23.8 Å². The Morgan fingerprint density at radius 2 is 1.51 bits per heavy atom. The molecule has 0 bridgehead atoms. The molecule has 0 unspecified atom stereocenters. The maximum absolute atomic E-state index is 13.8. The molecule has 3 aromatic carbocycles. The van der Waals surface area contributed by atoms with Gasteiger partial charge in [0, 0.05) is 16.9 Å². The highest BCUT2D eigenvalue weighted by Gasteiger charge is 2.62. The third kappa shape index (κ3) is 6.02. The van der Waals surface area contributed by atoms with E-state index in [4.69, 9.17) is 24.0 Å². The minimum Gasteiger partial charge on any atom is -0.374 e. The molecule has 2 atom stereocenters. The number of ether oxygens (including phenoxy) is 3. The average molecular weight is 636 g/mol. The van der Waals surface area contributed by atoms with Crippen molar-refractivity contribution in [2.45, 2.75) is 30.8 Å². The van der Waals surface area contributed by atoms with Crippen molar-refractivity contribution in [3.63, 3.8) is 0 Å². The summed E-state index contributed by atoms with van der Waals surface area (Å²) in [7, 11) is 0. The lowest BCUT2D eigenvalue weighted by molar-refractivity contribution is -0.219. The number of rotatable bonds is 10. The minimum atomic E-state index is -0.869. The van der Waals surface area contributed by atoms with E-state index in [0.29, 0.717) is 45.0 Å². The topological polar surface area (TPSA) is 70.1 Å². The van der Waals surface area contributed by atoms with Gasteiger partial charge in [-0.15, -0.1) is 11.3 Å². The van der Waals surface area contributed by atoms with E-state index in [1.165, 1.54) is 16.4 Å². The largest absolute Gasteiger partial charge is 0.374 e. The molecule has 7 nitrogen and oxygen atoms in total. The van der Waals surface area contributed by atoms with Crippen LogP contribution in [0.2, 0.25) is 0 Å². The van der Waals surface area contributed by atoms with Crippen molar-refractivity contribution in [1.29, 1.82) is 0 Å². The van der Waals surface area contributed by atoms with Crippen LogP contribution in [0.4, 0.5) is 0 Å². The zero-order chi connectivity index (χ0) is 28.1. The van der Waals surface area contributed by atoms with Crippen LogP contribution in [0, 0.1) is 5.92 Å². The molecule has 2 saturated heterocycles. The normalized spacial score (nSPS) is 21.5. The summed E-state index contributed by atoms with van der Waals surface area (Å²) < 4.78 is 20.0. The fourth-order valence-corrected chi connectivity index (χ4v) is 7.07. The van der Waals surface area contributed by atoms with E-state index < -0.39 is 11.1 Å². The van der Waals surface area contributed by atoms with Crippen molar-refractivity contribution in [1.82, 2.24) is 10.0 Å². The molecule has 2 aliphatic heterocycles. The minimum absolute atomic E-state index is 0.0809. The van der Waals surface area contributed by atoms with Crippen LogP contribution in [0.3, 0.4) is 0 Å². The van der Waals surface area contributed by atoms with Gasteiger partial charge in [0.05, 0.1) is 39.6 Å². The number of aromatic nitrogens is 1. The molecule has 0 radical (unpaired) electrons. The van der Waals surface area contributed by atoms with Gasteiger partial charge in [-0.1, -0.05) is 78.9 Å². The maximum Gasteiger partial charge on any atom is 0.278 e. The fourth-order valence-electron chi connectivity index (χ4n) is 5.57. The lowest BCUT2D eigenvalue weighted by Crippen LogP contribution is -2.60. The van der Waals surface area contributed by atoms with Gasteiger partial charge >= 0.3 is 0 Å². The number of carbonyl (C=O) groups is 1. The van der Waals surface area contributed by atoms with Crippen molar-refractivity contribution in [2.24, 2.45) is 5.92 Å². The van der Waals surface area contributed by atoms with E-state index in [1.807, 2.05) is 84.2 Å². The van der Waals surface area contributed by atoms with Gasteiger partial charge in [-0.05, 0) is 45.6 Å². The quantitative estimate of drug-likeness (QED) is 0.201. The zero-order valence-electron chi connectivity index (χ0n) is 22.5. The molecular weight excluding hydrogens is 604 g/mol. The summed E-state index contributed by atoms with van der Waals surface area (Å²) in [4.78, 5) is 24.7. The first-order chi connectivity index (χ1) is 20.1. The number of hydrogen-bond donors (Lipinski definition) is 0. The summed E-state index contributed by atoms with van der Waals surface area (Å²) in [6, 6.07) is 29.4. The highest BCUT2D eigenvalue weighted by Crippen LogP contribution is 2.51. The van der Waals surface area contributed by atoms with Gasteiger partial charge in [0.2, 0.25) is 0 Å². The van der Waals surface area contributed by atoms with Crippen LogP contribution in [0.25, 0.3) is 0 Å². The van der Waals surface area contributed by atoms with Crippen LogP contribution in [-0.4, -0.2) is 48.0 Å². The second kappa shape index (κ2) is 12.5. The number of amides is 1. The van der Waals surface area contributed by atoms with E-state index in [2.05, 4.69) is 15.9 Å². The highest BCUT2D eigenvalue weighted by atomic mass is 79.9. The van der Waals surface area contributed by atoms with Gasteiger partial charge < -0.3 is 14.2 Å². The summed E-state index contributed by atoms with van der Waals surface area (Å²) in [6.07, 6.45) is 0.576. The predicted octanol–water partition coefficient (Wildman–Crippen LogP) is 6.40. The summed E-state index contributed by atoms with van der Waals surface area (Å²) >= 11 is 5.00. The van der Waals surface area contributed by atoms with Gasteiger partial charge in [0.25, 0.3) is 5.91 Å². The lowest BCUT2D eigenvalue weighted by atomic mass is 9.75. The van der Waals surface area contributed by atoms with E-state index in [-0.39, 0.29) is 18.4 Å². The van der Waals surface area contributed by atoms with E-state index >= 15 is 0 Å². The molecule has 9 heteroatoms. The predicted molar refractivity (Wildman–Crippen MR) is 159 cm³/mol. The van der Waals surface area contributed by atoms with Crippen molar-refractivity contribution >= 4 is 33.2 Å². The third-order valence-electron chi connectivity index (χ3n) is 7.66. The summed E-state index contributed by atoms with van der Waals surface area (Å²) in [5.74, 6) is -0.293. The first kappa shape index (κ1) is 28.2. The van der Waals surface area contributed by atoms with Gasteiger partial charge in [0.1, 0.15) is 15.2 Å². The number of benzene rings is 3. The molecule has 1 amide bonds.